The van der Waals surface area contributed by atoms with Crippen molar-refractivity contribution in [3.05, 3.63) is 0 Å². The molecule has 0 amide bonds. The van der Waals surface area contributed by atoms with Gasteiger partial charge in [0.15, 0.2) is 0 Å². The summed E-state index contributed by atoms with van der Waals surface area (Å²) in [7, 11) is 0. The van der Waals surface area contributed by atoms with Crippen LogP contribution in [0.2, 0.25) is 0 Å². The van der Waals surface area contributed by atoms with Crippen molar-refractivity contribution in [1.82, 2.24) is 0 Å². The Kier molecular flexibility index (Phi) is 1.97. The molecule has 3 atom stereocenters. The first-order valence-electron chi connectivity index (χ1n) is 4.50. The predicted octanol–water partition coefficient (Wildman–Crippen LogP) is -0.491. The quantitative estimate of drug-likeness (QED) is 0.520. The van der Waals surface area contributed by atoms with Gasteiger partial charge in [-0.15, -0.1) is 0 Å². The number of aliphatic carboxylic acids is 2. The molecule has 0 aromatic carbocycles. The number of hydrogen-bond acceptors (Lipinski definition) is 3. The molecule has 0 spiro atoms. The van der Waals surface area contributed by atoms with Crippen molar-refractivity contribution in [2.45, 2.75) is 19.3 Å². The molecule has 0 heterocycles. The lowest BCUT2D eigenvalue weighted by atomic mass is 10.00. The van der Waals surface area contributed by atoms with Crippen LogP contribution in [-0.2, 0) is 9.59 Å². The fraction of sp³-hybridized carbons (Fsp3) is 0.667. The summed E-state index contributed by atoms with van der Waals surface area (Å²) < 4.78 is 20.9. The molecule has 64 valence electrons. The smallest absolute Gasteiger partial charge is 0.320 e. The third-order valence-electron chi connectivity index (χ3n) is 1.03. The molecule has 0 bridgehead atoms. The van der Waals surface area contributed by atoms with E-state index in [1.54, 1.807) is 0 Å². The molecule has 0 aliphatic rings. The number of carboxylic acids is 2. The van der Waals surface area contributed by atoms with Gasteiger partial charge in [0.2, 0.25) is 0 Å². The highest BCUT2D eigenvalue weighted by atomic mass is 16.4. The van der Waals surface area contributed by atoms with Crippen LogP contribution in [0.5, 0.6) is 0 Å². The standard InChI is InChI=1S/C6H11NO4/c1-3(2-4(8)9)5(7)6(10)11/h3,5H,2,7H2,1H3,(H,8,9)(H,10,11)/t3-,5-/m0/s1/i1D2,2D/t2-,3-,5-. The lowest BCUT2D eigenvalue weighted by Gasteiger charge is -2.12. The van der Waals surface area contributed by atoms with Crippen LogP contribution in [-0.4, -0.2) is 28.2 Å². The lowest BCUT2D eigenvalue weighted by molar-refractivity contribution is -0.141. The molecule has 0 saturated heterocycles. The van der Waals surface area contributed by atoms with Gasteiger partial charge in [-0.05, 0) is 5.92 Å². The molecule has 5 nitrogen and oxygen atoms in total. The van der Waals surface area contributed by atoms with Crippen molar-refractivity contribution in [2.24, 2.45) is 11.7 Å². The summed E-state index contributed by atoms with van der Waals surface area (Å²) in [5.74, 6) is -4.65. The van der Waals surface area contributed by atoms with Crippen LogP contribution in [0.25, 0.3) is 0 Å². The first-order chi connectivity index (χ1) is 6.29. The van der Waals surface area contributed by atoms with Crippen LogP contribution < -0.4 is 5.73 Å². The maximum atomic E-state index is 10.4. The van der Waals surface area contributed by atoms with E-state index in [4.69, 9.17) is 20.1 Å². The summed E-state index contributed by atoms with van der Waals surface area (Å²) >= 11 is 0. The molecule has 0 radical (unpaired) electrons. The second kappa shape index (κ2) is 3.92. The van der Waals surface area contributed by atoms with Crippen LogP contribution in [0, 0.1) is 5.92 Å². The minimum absolute atomic E-state index is 1.52. The highest BCUT2D eigenvalue weighted by Gasteiger charge is 2.21. The van der Waals surface area contributed by atoms with E-state index in [-0.39, 0.29) is 0 Å². The molecule has 0 fully saturated rings. The normalized spacial score (nSPS) is 22.5. The van der Waals surface area contributed by atoms with Gasteiger partial charge in [0.05, 0.1) is 0 Å². The van der Waals surface area contributed by atoms with E-state index in [1.165, 1.54) is 0 Å². The first kappa shape index (κ1) is 5.54. The van der Waals surface area contributed by atoms with Crippen LogP contribution >= 0.6 is 0 Å². The summed E-state index contributed by atoms with van der Waals surface area (Å²) in [5, 5.41) is 16.9. The largest absolute Gasteiger partial charge is 0.481 e. The fourth-order valence-corrected chi connectivity index (χ4v) is 0.433. The number of hydrogen-bond donors (Lipinski definition) is 3. The maximum absolute atomic E-state index is 10.4. The maximum Gasteiger partial charge on any atom is 0.320 e. The molecule has 0 aromatic rings. The minimum atomic E-state index is -1.87. The van der Waals surface area contributed by atoms with Crippen LogP contribution in [0.15, 0.2) is 0 Å². The average Bonchev–Trinajstić information content (AvgIpc) is 2.03. The molecule has 0 rings (SSSR count). The third-order valence-corrected chi connectivity index (χ3v) is 1.03. The third kappa shape index (κ3) is 3.57. The van der Waals surface area contributed by atoms with E-state index in [0.29, 0.717) is 0 Å². The van der Waals surface area contributed by atoms with Crippen molar-refractivity contribution >= 4 is 11.9 Å². The Bertz CT molecular complexity index is 215. The van der Waals surface area contributed by atoms with Gasteiger partial charge in [0, 0.05) is 10.5 Å². The summed E-state index contributed by atoms with van der Waals surface area (Å²) in [6.45, 7) is -1.76. The SMILES string of the molecule is [2H]C([2H])[C@@H]([C@H]([2H])C(=O)O)[C@H](N)C(=O)O. The Morgan fingerprint density at radius 3 is 2.55 bits per heavy atom. The van der Waals surface area contributed by atoms with E-state index < -0.39 is 37.2 Å². The van der Waals surface area contributed by atoms with Crippen molar-refractivity contribution in [3.63, 3.8) is 0 Å². The first-order valence-corrected chi connectivity index (χ1v) is 2.77. The number of nitrogens with two attached hydrogens (primary N) is 1. The van der Waals surface area contributed by atoms with E-state index >= 15 is 0 Å². The van der Waals surface area contributed by atoms with Gasteiger partial charge in [-0.3, -0.25) is 9.59 Å². The van der Waals surface area contributed by atoms with Crippen molar-refractivity contribution in [3.8, 4) is 0 Å². The molecule has 0 unspecified atom stereocenters. The summed E-state index contributed by atoms with van der Waals surface area (Å²) in [5.41, 5.74) is 5.08. The van der Waals surface area contributed by atoms with Crippen molar-refractivity contribution < 1.29 is 23.9 Å². The number of carbonyl (C=O) groups is 2. The van der Waals surface area contributed by atoms with E-state index in [1.807, 2.05) is 0 Å². The van der Waals surface area contributed by atoms with Gasteiger partial charge >= 0.3 is 11.9 Å². The van der Waals surface area contributed by atoms with Gasteiger partial charge in [-0.1, -0.05) is 6.88 Å². The molecular weight excluding hydrogens is 150 g/mol. The molecule has 0 aromatic heterocycles. The van der Waals surface area contributed by atoms with Crippen LogP contribution in [0.4, 0.5) is 0 Å². The van der Waals surface area contributed by atoms with E-state index in [9.17, 15) is 9.59 Å². The summed E-state index contributed by atoms with van der Waals surface area (Å²) in [4.78, 5) is 20.8. The van der Waals surface area contributed by atoms with E-state index in [0.717, 1.165) is 0 Å². The number of carboxylic acid groups (broad SMARTS) is 2. The zero-order chi connectivity index (χ0) is 11.5. The topological polar surface area (TPSA) is 101 Å². The molecule has 0 aliphatic heterocycles. The zero-order valence-electron chi connectivity index (χ0n) is 8.60. The van der Waals surface area contributed by atoms with Crippen molar-refractivity contribution in [1.29, 1.82) is 0 Å². The summed E-state index contributed by atoms with van der Waals surface area (Å²) in [6.07, 6.45) is -1.87. The fourth-order valence-electron chi connectivity index (χ4n) is 0.433. The van der Waals surface area contributed by atoms with Crippen LogP contribution in [0.1, 0.15) is 17.4 Å². The average molecular weight is 164 g/mol. The Hall–Kier alpha value is -1.10. The second-order valence-corrected chi connectivity index (χ2v) is 1.95. The molecule has 4 N–H and O–H groups in total. The van der Waals surface area contributed by atoms with Gasteiger partial charge in [0.1, 0.15) is 6.04 Å². The molecule has 5 heteroatoms. The van der Waals surface area contributed by atoms with Crippen molar-refractivity contribution in [2.75, 3.05) is 0 Å². The molecule has 0 aliphatic carbocycles. The predicted molar refractivity (Wildman–Crippen MR) is 37.0 cm³/mol. The minimum Gasteiger partial charge on any atom is -0.481 e. The van der Waals surface area contributed by atoms with Crippen LogP contribution in [0.3, 0.4) is 0 Å². The second-order valence-electron chi connectivity index (χ2n) is 1.95. The Labute approximate surface area is 68.0 Å². The zero-order valence-corrected chi connectivity index (χ0v) is 5.60. The summed E-state index contributed by atoms with van der Waals surface area (Å²) in [6, 6.07) is -1.69. The molecular formula is C6H11NO4. The Balaban J connectivity index is 4.76. The monoisotopic (exact) mass is 164 g/mol. The highest BCUT2D eigenvalue weighted by Crippen LogP contribution is 2.05. The lowest BCUT2D eigenvalue weighted by Crippen LogP contribution is -2.37. The number of rotatable bonds is 4. The van der Waals surface area contributed by atoms with Gasteiger partial charge in [-0.25, -0.2) is 0 Å². The Morgan fingerprint density at radius 1 is 1.73 bits per heavy atom. The van der Waals surface area contributed by atoms with Gasteiger partial charge < -0.3 is 15.9 Å². The van der Waals surface area contributed by atoms with Gasteiger partial charge in [0.25, 0.3) is 0 Å². The molecule has 11 heavy (non-hydrogen) atoms. The van der Waals surface area contributed by atoms with E-state index in [2.05, 4.69) is 0 Å². The van der Waals surface area contributed by atoms with Gasteiger partial charge in [-0.2, -0.15) is 0 Å². The highest BCUT2D eigenvalue weighted by molar-refractivity contribution is 5.75. The Morgan fingerprint density at radius 2 is 2.27 bits per heavy atom. The molecule has 0 saturated carbocycles.